The van der Waals surface area contributed by atoms with Crippen LogP contribution in [0.2, 0.25) is 0 Å². The fraction of sp³-hybridized carbons (Fsp3) is 0.917. The summed E-state index contributed by atoms with van der Waals surface area (Å²) in [4.78, 5) is 13.5. The lowest BCUT2D eigenvalue weighted by Crippen LogP contribution is -2.58. The molecule has 1 atom stereocenters. The number of hydrogen-bond donors (Lipinski definition) is 2. The van der Waals surface area contributed by atoms with Crippen LogP contribution < -0.4 is 5.32 Å². The number of nitrogens with zero attached hydrogens (tertiary/aromatic N) is 1. The molecule has 1 rings (SSSR count). The number of carboxylic acid groups (broad SMARTS) is 1. The molecule has 16 heavy (non-hydrogen) atoms. The van der Waals surface area contributed by atoms with Crippen molar-refractivity contribution >= 4 is 5.97 Å². The molecule has 0 spiro atoms. The molecule has 0 heterocycles. The van der Waals surface area contributed by atoms with Crippen LogP contribution in [0.15, 0.2) is 0 Å². The Balaban J connectivity index is 2.51. The van der Waals surface area contributed by atoms with Crippen molar-refractivity contribution in [1.29, 1.82) is 0 Å². The second kappa shape index (κ2) is 5.64. The molecule has 0 radical (unpaired) electrons. The van der Waals surface area contributed by atoms with Crippen molar-refractivity contribution in [3.63, 3.8) is 0 Å². The maximum Gasteiger partial charge on any atom is 0.324 e. The smallest absolute Gasteiger partial charge is 0.324 e. The topological polar surface area (TPSA) is 52.6 Å². The minimum absolute atomic E-state index is 0.576. The number of hydrogen-bond acceptors (Lipinski definition) is 3. The van der Waals surface area contributed by atoms with Crippen molar-refractivity contribution in [2.75, 3.05) is 20.1 Å². The van der Waals surface area contributed by atoms with Crippen LogP contribution in [0.4, 0.5) is 0 Å². The van der Waals surface area contributed by atoms with Gasteiger partial charge in [-0.2, -0.15) is 0 Å². The van der Waals surface area contributed by atoms with Crippen LogP contribution in [-0.4, -0.2) is 47.7 Å². The van der Waals surface area contributed by atoms with Crippen molar-refractivity contribution in [1.82, 2.24) is 10.2 Å². The summed E-state index contributed by atoms with van der Waals surface area (Å²) in [6.07, 6.45) is 4.65. The summed E-state index contributed by atoms with van der Waals surface area (Å²) in [5, 5.41) is 12.4. The SMILES string of the molecule is CCCNC(C)(CN(C)C1CCC1)C(=O)O. The Bertz CT molecular complexity index is 241. The fourth-order valence-electron chi connectivity index (χ4n) is 2.06. The standard InChI is InChI=1S/C12H24N2O2/c1-4-8-13-12(2,11(15)16)9-14(3)10-6-5-7-10/h10,13H,4-9H2,1-3H3,(H,15,16). The Morgan fingerprint density at radius 1 is 1.56 bits per heavy atom. The Labute approximate surface area is 98.0 Å². The summed E-state index contributed by atoms with van der Waals surface area (Å²) in [7, 11) is 2.03. The number of rotatable bonds is 7. The monoisotopic (exact) mass is 228 g/mol. The molecule has 1 saturated carbocycles. The number of likely N-dealkylation sites (N-methyl/N-ethyl adjacent to an activating group) is 1. The van der Waals surface area contributed by atoms with Crippen LogP contribution in [0.3, 0.4) is 0 Å². The van der Waals surface area contributed by atoms with E-state index in [1.54, 1.807) is 6.92 Å². The molecule has 94 valence electrons. The van der Waals surface area contributed by atoms with Crippen molar-refractivity contribution in [3.05, 3.63) is 0 Å². The van der Waals surface area contributed by atoms with Crippen molar-refractivity contribution < 1.29 is 9.90 Å². The Morgan fingerprint density at radius 2 is 2.19 bits per heavy atom. The van der Waals surface area contributed by atoms with E-state index in [-0.39, 0.29) is 0 Å². The van der Waals surface area contributed by atoms with Crippen molar-refractivity contribution in [2.45, 2.75) is 51.1 Å². The van der Waals surface area contributed by atoms with E-state index < -0.39 is 11.5 Å². The first-order chi connectivity index (χ1) is 7.49. The van der Waals surface area contributed by atoms with Crippen LogP contribution in [0, 0.1) is 0 Å². The van der Waals surface area contributed by atoms with Crippen molar-refractivity contribution in [3.8, 4) is 0 Å². The van der Waals surface area contributed by atoms with Crippen LogP contribution in [0.25, 0.3) is 0 Å². The van der Waals surface area contributed by atoms with E-state index in [1.165, 1.54) is 19.3 Å². The first-order valence-electron chi connectivity index (χ1n) is 6.18. The normalized spacial score (nSPS) is 20.5. The molecule has 1 aliphatic rings. The third kappa shape index (κ3) is 3.19. The highest BCUT2D eigenvalue weighted by atomic mass is 16.4. The van der Waals surface area contributed by atoms with E-state index in [1.807, 2.05) is 14.0 Å². The molecule has 2 N–H and O–H groups in total. The Hall–Kier alpha value is -0.610. The maximum absolute atomic E-state index is 11.3. The van der Waals surface area contributed by atoms with Gasteiger partial charge in [-0.05, 0) is 39.8 Å². The van der Waals surface area contributed by atoms with E-state index >= 15 is 0 Å². The number of aliphatic carboxylic acids is 1. The van der Waals surface area contributed by atoms with E-state index in [4.69, 9.17) is 0 Å². The molecule has 1 fully saturated rings. The highest BCUT2D eigenvalue weighted by Crippen LogP contribution is 2.24. The zero-order valence-corrected chi connectivity index (χ0v) is 10.6. The van der Waals surface area contributed by atoms with Gasteiger partial charge in [0.15, 0.2) is 0 Å². The summed E-state index contributed by atoms with van der Waals surface area (Å²) >= 11 is 0. The van der Waals surface area contributed by atoms with Gasteiger partial charge in [-0.25, -0.2) is 0 Å². The molecule has 1 unspecified atom stereocenters. The van der Waals surface area contributed by atoms with E-state index in [2.05, 4.69) is 10.2 Å². The van der Waals surface area contributed by atoms with Gasteiger partial charge in [0.05, 0.1) is 0 Å². The molecular formula is C12H24N2O2. The van der Waals surface area contributed by atoms with Crippen molar-refractivity contribution in [2.24, 2.45) is 0 Å². The molecule has 0 aromatic heterocycles. The van der Waals surface area contributed by atoms with Gasteiger partial charge < -0.3 is 15.3 Å². The third-order valence-electron chi connectivity index (χ3n) is 3.50. The number of carboxylic acids is 1. The summed E-state index contributed by atoms with van der Waals surface area (Å²) in [5.74, 6) is -0.757. The highest BCUT2D eigenvalue weighted by molar-refractivity contribution is 5.78. The number of carbonyl (C=O) groups is 1. The molecule has 4 nitrogen and oxygen atoms in total. The van der Waals surface area contributed by atoms with Gasteiger partial charge >= 0.3 is 5.97 Å². The minimum atomic E-state index is -0.819. The first kappa shape index (κ1) is 13.5. The second-order valence-corrected chi connectivity index (χ2v) is 5.06. The Kier molecular flexibility index (Phi) is 4.74. The molecule has 0 aromatic carbocycles. The quantitative estimate of drug-likeness (QED) is 0.690. The van der Waals surface area contributed by atoms with E-state index in [0.29, 0.717) is 12.6 Å². The Morgan fingerprint density at radius 3 is 2.56 bits per heavy atom. The van der Waals surface area contributed by atoms with Crippen LogP contribution >= 0.6 is 0 Å². The summed E-state index contributed by atoms with van der Waals surface area (Å²) < 4.78 is 0. The predicted molar refractivity (Wildman–Crippen MR) is 64.6 cm³/mol. The molecule has 0 bridgehead atoms. The second-order valence-electron chi connectivity index (χ2n) is 5.06. The molecular weight excluding hydrogens is 204 g/mol. The lowest BCUT2D eigenvalue weighted by molar-refractivity contribution is -0.145. The summed E-state index contributed by atoms with van der Waals surface area (Å²) in [6, 6.07) is 0.585. The third-order valence-corrected chi connectivity index (χ3v) is 3.50. The zero-order chi connectivity index (χ0) is 12.2. The molecule has 0 aromatic rings. The van der Waals surface area contributed by atoms with Gasteiger partial charge in [0.1, 0.15) is 5.54 Å². The zero-order valence-electron chi connectivity index (χ0n) is 10.6. The van der Waals surface area contributed by atoms with Gasteiger partial charge in [0, 0.05) is 12.6 Å². The molecule has 0 amide bonds. The highest BCUT2D eigenvalue weighted by Gasteiger charge is 2.36. The molecule has 0 aliphatic heterocycles. The summed E-state index contributed by atoms with van der Waals surface area (Å²) in [5.41, 5.74) is -0.819. The predicted octanol–water partition coefficient (Wildman–Crippen LogP) is 1.31. The van der Waals surface area contributed by atoms with Gasteiger partial charge in [-0.3, -0.25) is 4.79 Å². The van der Waals surface area contributed by atoms with E-state index in [0.717, 1.165) is 13.0 Å². The first-order valence-corrected chi connectivity index (χ1v) is 6.18. The fourth-order valence-corrected chi connectivity index (χ4v) is 2.06. The number of nitrogens with one attached hydrogen (secondary N) is 1. The van der Waals surface area contributed by atoms with Gasteiger partial charge in [0.2, 0.25) is 0 Å². The summed E-state index contributed by atoms with van der Waals surface area (Å²) in [6.45, 7) is 5.15. The molecule has 4 heteroatoms. The van der Waals surface area contributed by atoms with Crippen LogP contribution in [0.5, 0.6) is 0 Å². The van der Waals surface area contributed by atoms with Gasteiger partial charge in [-0.1, -0.05) is 13.3 Å². The minimum Gasteiger partial charge on any atom is -0.480 e. The maximum atomic E-state index is 11.3. The van der Waals surface area contributed by atoms with E-state index in [9.17, 15) is 9.90 Å². The largest absolute Gasteiger partial charge is 0.480 e. The average Bonchev–Trinajstić information content (AvgIpc) is 2.11. The molecule has 0 saturated heterocycles. The van der Waals surface area contributed by atoms with Crippen LogP contribution in [0.1, 0.15) is 39.5 Å². The lowest BCUT2D eigenvalue weighted by Gasteiger charge is -2.39. The van der Waals surface area contributed by atoms with Gasteiger partial charge in [-0.15, -0.1) is 0 Å². The average molecular weight is 228 g/mol. The van der Waals surface area contributed by atoms with Gasteiger partial charge in [0.25, 0.3) is 0 Å². The lowest BCUT2D eigenvalue weighted by atomic mass is 9.90. The van der Waals surface area contributed by atoms with Crippen LogP contribution in [-0.2, 0) is 4.79 Å². The molecule has 1 aliphatic carbocycles.